The Morgan fingerprint density at radius 3 is 1.93 bits per heavy atom. The van der Waals surface area contributed by atoms with Crippen LogP contribution in [0.4, 0.5) is 0 Å². The van der Waals surface area contributed by atoms with E-state index in [1.165, 1.54) is 18.4 Å². The van der Waals surface area contributed by atoms with Crippen molar-refractivity contribution in [2.24, 2.45) is 0 Å². The summed E-state index contributed by atoms with van der Waals surface area (Å²) in [4.78, 5) is 13.0. The van der Waals surface area contributed by atoms with Crippen LogP contribution < -0.4 is 14.8 Å². The van der Waals surface area contributed by atoms with Crippen LogP contribution in [0.1, 0.15) is 49.7 Å². The second-order valence-electron chi connectivity index (χ2n) is 12.4. The van der Waals surface area contributed by atoms with Gasteiger partial charge in [-0.3, -0.25) is 4.79 Å². The normalized spacial score (nSPS) is 12.0. The standard InChI is InChI=1S/C39H48N2O3/c1-41(2,3)37(29-32-19-11-8-12-20-32)39(42)40-27-17-6-4-5-7-18-28-43-35-25-26-38(44-31-33-21-13-9-14-22-33)36(30-35)34-23-15-10-16-24-34/h8-16,19-26,30,37H,4-7,17-18,27-29,31H2,1-3H3/p+1. The van der Waals surface area contributed by atoms with E-state index >= 15 is 0 Å². The van der Waals surface area contributed by atoms with E-state index in [2.05, 4.69) is 68.9 Å². The van der Waals surface area contributed by atoms with Crippen LogP contribution in [-0.4, -0.2) is 50.7 Å². The molecule has 1 amide bonds. The molecular formula is C39H49N2O3+. The molecule has 0 bridgehead atoms. The molecule has 0 saturated heterocycles. The van der Waals surface area contributed by atoms with Crippen molar-refractivity contribution in [2.75, 3.05) is 34.3 Å². The fraction of sp³-hybridized carbons (Fsp3) is 0.359. The van der Waals surface area contributed by atoms with E-state index in [0.717, 1.165) is 66.8 Å². The molecule has 0 radical (unpaired) electrons. The van der Waals surface area contributed by atoms with Gasteiger partial charge in [0.05, 0.1) is 27.7 Å². The number of hydrogen-bond acceptors (Lipinski definition) is 3. The summed E-state index contributed by atoms with van der Waals surface area (Å²) in [5.41, 5.74) is 4.50. The number of nitrogens with one attached hydrogen (secondary N) is 1. The lowest BCUT2D eigenvalue weighted by Gasteiger charge is -2.33. The summed E-state index contributed by atoms with van der Waals surface area (Å²) in [5.74, 6) is 1.86. The molecule has 4 aromatic rings. The zero-order chi connectivity index (χ0) is 31.0. The molecule has 4 aromatic carbocycles. The van der Waals surface area contributed by atoms with Crippen molar-refractivity contribution in [3.05, 3.63) is 120 Å². The predicted octanol–water partition coefficient (Wildman–Crippen LogP) is 8.09. The molecule has 0 saturated carbocycles. The lowest BCUT2D eigenvalue weighted by Crippen LogP contribution is -2.55. The minimum atomic E-state index is -0.0980. The van der Waals surface area contributed by atoms with E-state index in [0.29, 0.717) is 17.7 Å². The van der Waals surface area contributed by atoms with Gasteiger partial charge in [0, 0.05) is 18.5 Å². The third-order valence-corrected chi connectivity index (χ3v) is 7.92. The van der Waals surface area contributed by atoms with Gasteiger partial charge in [0.1, 0.15) is 18.1 Å². The van der Waals surface area contributed by atoms with Crippen LogP contribution in [0.5, 0.6) is 11.5 Å². The molecule has 5 heteroatoms. The third kappa shape index (κ3) is 10.9. The predicted molar refractivity (Wildman–Crippen MR) is 181 cm³/mol. The molecule has 0 aliphatic rings. The largest absolute Gasteiger partial charge is 0.494 e. The van der Waals surface area contributed by atoms with Crippen LogP contribution in [-0.2, 0) is 17.8 Å². The molecule has 1 N–H and O–H groups in total. The lowest BCUT2D eigenvalue weighted by molar-refractivity contribution is -0.886. The molecular weight excluding hydrogens is 544 g/mol. The van der Waals surface area contributed by atoms with Crippen molar-refractivity contribution < 1.29 is 18.8 Å². The molecule has 0 aromatic heterocycles. The number of hydrogen-bond donors (Lipinski definition) is 1. The van der Waals surface area contributed by atoms with Crippen molar-refractivity contribution in [3.63, 3.8) is 0 Å². The molecule has 0 aliphatic carbocycles. The molecule has 44 heavy (non-hydrogen) atoms. The molecule has 0 fully saturated rings. The van der Waals surface area contributed by atoms with Gasteiger partial charge in [0.2, 0.25) is 0 Å². The summed E-state index contributed by atoms with van der Waals surface area (Å²) < 4.78 is 13.0. The van der Waals surface area contributed by atoms with E-state index in [1.807, 2.05) is 66.7 Å². The molecule has 1 unspecified atom stereocenters. The topological polar surface area (TPSA) is 47.6 Å². The maximum atomic E-state index is 13.0. The summed E-state index contributed by atoms with van der Waals surface area (Å²) in [7, 11) is 6.28. The van der Waals surface area contributed by atoms with Gasteiger partial charge in [-0.2, -0.15) is 0 Å². The summed E-state index contributed by atoms with van der Waals surface area (Å²) in [6.07, 6.45) is 7.39. The van der Waals surface area contributed by atoms with Gasteiger partial charge in [0.25, 0.3) is 5.91 Å². The van der Waals surface area contributed by atoms with Crippen molar-refractivity contribution in [3.8, 4) is 22.6 Å². The Hall–Kier alpha value is -4.09. The number of benzene rings is 4. The van der Waals surface area contributed by atoms with Crippen molar-refractivity contribution in [1.82, 2.24) is 5.32 Å². The molecule has 0 aliphatic heterocycles. The van der Waals surface area contributed by atoms with Crippen LogP contribution in [0.3, 0.4) is 0 Å². The number of amides is 1. The van der Waals surface area contributed by atoms with Crippen molar-refractivity contribution in [2.45, 2.75) is 57.6 Å². The Morgan fingerprint density at radius 1 is 0.682 bits per heavy atom. The number of likely N-dealkylation sites (N-methyl/N-ethyl adjacent to an activating group) is 1. The first-order chi connectivity index (χ1) is 21.4. The minimum absolute atomic E-state index is 0.0980. The van der Waals surface area contributed by atoms with Gasteiger partial charge in [0.15, 0.2) is 6.04 Å². The zero-order valence-corrected chi connectivity index (χ0v) is 26.7. The van der Waals surface area contributed by atoms with Crippen LogP contribution in [0.2, 0.25) is 0 Å². The number of carbonyl (C=O) groups excluding carboxylic acids is 1. The second kappa shape index (κ2) is 17.3. The van der Waals surface area contributed by atoms with E-state index in [1.54, 1.807) is 0 Å². The molecule has 4 rings (SSSR count). The fourth-order valence-corrected chi connectivity index (χ4v) is 5.31. The first-order valence-corrected chi connectivity index (χ1v) is 16.0. The number of unbranched alkanes of at least 4 members (excludes halogenated alkanes) is 5. The van der Waals surface area contributed by atoms with Gasteiger partial charge in [-0.15, -0.1) is 0 Å². The van der Waals surface area contributed by atoms with Gasteiger partial charge >= 0.3 is 0 Å². The lowest BCUT2D eigenvalue weighted by atomic mass is 10.0. The number of quaternary nitrogens is 1. The Bertz CT molecular complexity index is 1390. The summed E-state index contributed by atoms with van der Waals surface area (Å²) in [6.45, 7) is 1.96. The van der Waals surface area contributed by atoms with E-state index in [4.69, 9.17) is 9.47 Å². The highest BCUT2D eigenvalue weighted by Gasteiger charge is 2.31. The Kier molecular flexibility index (Phi) is 12.9. The van der Waals surface area contributed by atoms with Gasteiger partial charge in [-0.25, -0.2) is 0 Å². The second-order valence-corrected chi connectivity index (χ2v) is 12.4. The van der Waals surface area contributed by atoms with E-state index in [9.17, 15) is 4.79 Å². The van der Waals surface area contributed by atoms with Gasteiger partial charge in [-0.1, -0.05) is 117 Å². The SMILES string of the molecule is C[N+](C)(C)C(Cc1ccccc1)C(=O)NCCCCCCCCOc1ccc(OCc2ccccc2)c(-c2ccccc2)c1. The molecule has 0 spiro atoms. The smallest absolute Gasteiger partial charge is 0.278 e. The average Bonchev–Trinajstić information content (AvgIpc) is 3.04. The minimum Gasteiger partial charge on any atom is -0.494 e. The number of rotatable bonds is 18. The van der Waals surface area contributed by atoms with Crippen LogP contribution in [0.15, 0.2) is 109 Å². The quantitative estimate of drug-likeness (QED) is 0.0937. The number of nitrogens with zero attached hydrogens (tertiary/aromatic N) is 1. The maximum absolute atomic E-state index is 13.0. The molecule has 0 heterocycles. The first kappa shape index (κ1) is 32.8. The monoisotopic (exact) mass is 593 g/mol. The highest BCUT2D eigenvalue weighted by atomic mass is 16.5. The van der Waals surface area contributed by atoms with E-state index in [-0.39, 0.29) is 11.9 Å². The summed E-state index contributed by atoms with van der Waals surface area (Å²) >= 11 is 0. The Morgan fingerprint density at radius 2 is 1.27 bits per heavy atom. The average molecular weight is 594 g/mol. The van der Waals surface area contributed by atoms with Crippen LogP contribution in [0.25, 0.3) is 11.1 Å². The third-order valence-electron chi connectivity index (χ3n) is 7.92. The van der Waals surface area contributed by atoms with Crippen LogP contribution in [0, 0.1) is 0 Å². The summed E-state index contributed by atoms with van der Waals surface area (Å²) in [6, 6.07) is 36.9. The van der Waals surface area contributed by atoms with E-state index < -0.39 is 0 Å². The molecule has 232 valence electrons. The highest BCUT2D eigenvalue weighted by Crippen LogP contribution is 2.34. The Labute approximate surface area is 264 Å². The molecule has 1 atom stereocenters. The molecule has 5 nitrogen and oxygen atoms in total. The summed E-state index contributed by atoms with van der Waals surface area (Å²) in [5, 5.41) is 3.19. The number of carbonyl (C=O) groups is 1. The van der Waals surface area contributed by atoms with Crippen molar-refractivity contribution in [1.29, 1.82) is 0 Å². The first-order valence-electron chi connectivity index (χ1n) is 16.0. The Balaban J connectivity index is 1.13. The van der Waals surface area contributed by atoms with Gasteiger partial charge < -0.3 is 19.3 Å². The van der Waals surface area contributed by atoms with Crippen molar-refractivity contribution >= 4 is 5.91 Å². The highest BCUT2D eigenvalue weighted by molar-refractivity contribution is 5.81. The number of ether oxygens (including phenoxy) is 2. The van der Waals surface area contributed by atoms with Gasteiger partial charge in [-0.05, 0) is 47.7 Å². The van der Waals surface area contributed by atoms with Crippen LogP contribution >= 0.6 is 0 Å². The maximum Gasteiger partial charge on any atom is 0.278 e. The fourth-order valence-electron chi connectivity index (χ4n) is 5.31. The zero-order valence-electron chi connectivity index (χ0n) is 26.7.